The van der Waals surface area contributed by atoms with Gasteiger partial charge in [0.15, 0.2) is 23.1 Å². The van der Waals surface area contributed by atoms with Crippen molar-refractivity contribution in [2.75, 3.05) is 7.11 Å². The zero-order valence-electron chi connectivity index (χ0n) is 21.1. The van der Waals surface area contributed by atoms with Gasteiger partial charge in [-0.25, -0.2) is 0 Å². The van der Waals surface area contributed by atoms with Crippen LogP contribution in [0.5, 0.6) is 0 Å². The molecule has 3 aliphatic carbocycles. The molecule has 1 saturated heterocycles. The fourth-order valence-corrected chi connectivity index (χ4v) is 7.89. The molecule has 0 amide bonds. The number of ketones is 3. The molecule has 7 atom stereocenters. The Morgan fingerprint density at radius 2 is 1.66 bits per heavy atom. The molecule has 0 aromatic carbocycles. The first kappa shape index (κ1) is 25.3. The van der Waals surface area contributed by atoms with E-state index in [1.54, 1.807) is 20.8 Å². The summed E-state index contributed by atoms with van der Waals surface area (Å²) in [5.41, 5.74) is -8.87. The predicted octanol–water partition coefficient (Wildman–Crippen LogP) is 2.01. The summed E-state index contributed by atoms with van der Waals surface area (Å²) in [6, 6.07) is 0. The van der Waals surface area contributed by atoms with Crippen LogP contribution in [0.1, 0.15) is 54.4 Å². The predicted molar refractivity (Wildman–Crippen MR) is 121 cm³/mol. The molecule has 4 rings (SSSR count). The Hall–Kier alpha value is -2.81. The lowest BCUT2D eigenvalue weighted by Gasteiger charge is -2.68. The molecule has 35 heavy (non-hydrogen) atoms. The van der Waals surface area contributed by atoms with Crippen LogP contribution in [0.25, 0.3) is 0 Å². The highest BCUT2D eigenvalue weighted by Gasteiger charge is 2.85. The monoisotopic (exact) mass is 488 g/mol. The van der Waals surface area contributed by atoms with E-state index in [4.69, 9.17) is 9.47 Å². The van der Waals surface area contributed by atoms with Gasteiger partial charge in [0.25, 0.3) is 0 Å². The minimum Gasteiger partial charge on any atom is -0.504 e. The standard InChI is InChI=1S/C26H32O9/c1-11-9-13-23(5)15(28)10-14(27)22(3,4)17(23)16(29)19(31)25(13,7)26(21(33)34-8)18(30)12(2)35-20(32)24(11,26)6/h12-13,15,28-29H,1,9-10H2,2-8H3/t12-,13-,15+,23+,24-,25+,26+/m1/s1. The van der Waals surface area contributed by atoms with Crippen molar-refractivity contribution in [1.29, 1.82) is 0 Å². The van der Waals surface area contributed by atoms with E-state index in [0.29, 0.717) is 0 Å². The fraction of sp³-hybridized carbons (Fsp3) is 0.654. The molecule has 190 valence electrons. The minimum atomic E-state index is -2.42. The largest absolute Gasteiger partial charge is 0.504 e. The molecule has 2 saturated carbocycles. The molecule has 9 nitrogen and oxygen atoms in total. The lowest BCUT2D eigenvalue weighted by molar-refractivity contribution is -0.228. The van der Waals surface area contributed by atoms with Gasteiger partial charge in [-0.05, 0) is 45.6 Å². The van der Waals surface area contributed by atoms with E-state index in [1.807, 2.05) is 0 Å². The van der Waals surface area contributed by atoms with Crippen molar-refractivity contribution < 1.29 is 43.7 Å². The quantitative estimate of drug-likeness (QED) is 0.322. The molecule has 1 aliphatic heterocycles. The van der Waals surface area contributed by atoms with Crippen molar-refractivity contribution in [1.82, 2.24) is 0 Å². The molecule has 0 aromatic rings. The highest BCUT2D eigenvalue weighted by molar-refractivity contribution is 6.20. The van der Waals surface area contributed by atoms with Crippen molar-refractivity contribution in [2.24, 2.45) is 33.0 Å². The highest BCUT2D eigenvalue weighted by Crippen LogP contribution is 2.74. The number of carbonyl (C=O) groups excluding carboxylic acids is 5. The van der Waals surface area contributed by atoms with Gasteiger partial charge in [0, 0.05) is 17.3 Å². The first-order chi connectivity index (χ1) is 15.9. The Balaban J connectivity index is 2.21. The lowest BCUT2D eigenvalue weighted by atomic mass is 9.32. The number of hydrogen-bond donors (Lipinski definition) is 2. The number of hydrogen-bond acceptors (Lipinski definition) is 9. The zero-order chi connectivity index (χ0) is 26.7. The van der Waals surface area contributed by atoms with Gasteiger partial charge < -0.3 is 19.7 Å². The summed E-state index contributed by atoms with van der Waals surface area (Å²) in [6.07, 6.45) is -2.99. The Labute approximate surface area is 203 Å². The van der Waals surface area contributed by atoms with E-state index < -0.39 is 74.5 Å². The first-order valence-electron chi connectivity index (χ1n) is 11.7. The van der Waals surface area contributed by atoms with E-state index in [1.165, 1.54) is 20.8 Å². The van der Waals surface area contributed by atoms with Crippen molar-refractivity contribution >= 4 is 29.3 Å². The number of cyclic esters (lactones) is 1. The van der Waals surface area contributed by atoms with Gasteiger partial charge in [-0.1, -0.05) is 26.0 Å². The van der Waals surface area contributed by atoms with E-state index >= 15 is 0 Å². The van der Waals surface area contributed by atoms with Crippen LogP contribution < -0.4 is 0 Å². The number of fused-ring (bicyclic) bond motifs is 5. The summed E-state index contributed by atoms with van der Waals surface area (Å²) in [6.45, 7) is 12.9. The van der Waals surface area contributed by atoms with Gasteiger partial charge in [-0.3, -0.25) is 24.0 Å². The maximum atomic E-state index is 14.2. The van der Waals surface area contributed by atoms with Gasteiger partial charge in [0.05, 0.1) is 18.6 Å². The second-order valence-electron chi connectivity index (χ2n) is 11.4. The van der Waals surface area contributed by atoms with Gasteiger partial charge in [-0.2, -0.15) is 0 Å². The normalized spacial score (nSPS) is 44.8. The van der Waals surface area contributed by atoms with Crippen LogP contribution in [0.2, 0.25) is 0 Å². The zero-order valence-corrected chi connectivity index (χ0v) is 21.1. The third-order valence-electron chi connectivity index (χ3n) is 9.89. The summed E-state index contributed by atoms with van der Waals surface area (Å²) >= 11 is 0. The average molecular weight is 489 g/mol. The second kappa shape index (κ2) is 6.90. The highest BCUT2D eigenvalue weighted by atomic mass is 16.6. The molecule has 3 fully saturated rings. The Bertz CT molecular complexity index is 1160. The summed E-state index contributed by atoms with van der Waals surface area (Å²) in [4.78, 5) is 68.3. The van der Waals surface area contributed by atoms with Crippen LogP contribution >= 0.6 is 0 Å². The SMILES string of the molecule is C=C1C[C@@H]2[C@]3(C)C(=C(O)C(=O)[C@@]2(C)[C@]2(C(=O)OC)C(=O)[C@@H](C)OC(=O)[C@@]12C)C(C)(C)C(=O)C[C@@H]3O. The number of esters is 2. The Morgan fingerprint density at radius 1 is 1.09 bits per heavy atom. The lowest BCUT2D eigenvalue weighted by Crippen LogP contribution is -2.78. The maximum absolute atomic E-state index is 14.2. The van der Waals surface area contributed by atoms with Crippen LogP contribution in [-0.4, -0.2) is 58.8 Å². The van der Waals surface area contributed by atoms with Crippen molar-refractivity contribution in [3.8, 4) is 0 Å². The summed E-state index contributed by atoms with van der Waals surface area (Å²) < 4.78 is 10.4. The second-order valence-corrected chi connectivity index (χ2v) is 11.4. The average Bonchev–Trinajstić information content (AvgIpc) is 2.77. The van der Waals surface area contributed by atoms with Crippen LogP contribution in [0, 0.1) is 33.0 Å². The molecule has 0 unspecified atom stereocenters. The first-order valence-corrected chi connectivity index (χ1v) is 11.7. The number of carbonyl (C=O) groups is 5. The molecular weight excluding hydrogens is 456 g/mol. The summed E-state index contributed by atoms with van der Waals surface area (Å²) in [5, 5.41) is 22.7. The van der Waals surface area contributed by atoms with Gasteiger partial charge in [0.2, 0.25) is 5.78 Å². The molecule has 4 aliphatic rings. The van der Waals surface area contributed by atoms with Crippen LogP contribution in [0.3, 0.4) is 0 Å². The third-order valence-corrected chi connectivity index (χ3v) is 9.89. The molecular formula is C26H32O9. The maximum Gasteiger partial charge on any atom is 0.322 e. The van der Waals surface area contributed by atoms with E-state index in [2.05, 4.69) is 6.58 Å². The molecule has 1 heterocycles. The van der Waals surface area contributed by atoms with Crippen LogP contribution in [0.4, 0.5) is 0 Å². The molecule has 0 bridgehead atoms. The number of Topliss-reactive ketones (excluding diaryl/α,β-unsaturated/α-hetero) is 3. The van der Waals surface area contributed by atoms with E-state index in [9.17, 15) is 34.2 Å². The number of aliphatic hydroxyl groups excluding tert-OH is 2. The fourth-order valence-electron chi connectivity index (χ4n) is 7.89. The number of rotatable bonds is 1. The molecule has 0 spiro atoms. The number of ether oxygens (including phenoxy) is 2. The molecule has 0 aromatic heterocycles. The topological polar surface area (TPSA) is 144 Å². The third kappa shape index (κ3) is 2.31. The van der Waals surface area contributed by atoms with Gasteiger partial charge in [-0.15, -0.1) is 0 Å². The number of allylic oxidation sites excluding steroid dienone is 1. The van der Waals surface area contributed by atoms with Crippen molar-refractivity contribution in [2.45, 2.75) is 66.6 Å². The van der Waals surface area contributed by atoms with Crippen LogP contribution in [0.15, 0.2) is 23.5 Å². The Kier molecular flexibility index (Phi) is 4.98. The van der Waals surface area contributed by atoms with Crippen LogP contribution in [-0.2, 0) is 33.4 Å². The van der Waals surface area contributed by atoms with E-state index in [-0.39, 0.29) is 29.8 Å². The Morgan fingerprint density at radius 3 is 2.20 bits per heavy atom. The summed E-state index contributed by atoms with van der Waals surface area (Å²) in [7, 11) is 1.05. The van der Waals surface area contributed by atoms with Gasteiger partial charge >= 0.3 is 11.9 Å². The smallest absolute Gasteiger partial charge is 0.322 e. The molecule has 9 heteroatoms. The number of methoxy groups -OCH3 is 1. The summed E-state index contributed by atoms with van der Waals surface area (Å²) in [5.74, 6) is -5.91. The molecule has 0 radical (unpaired) electrons. The van der Waals surface area contributed by atoms with Gasteiger partial charge in [0.1, 0.15) is 11.2 Å². The minimum absolute atomic E-state index is 0.0388. The van der Waals surface area contributed by atoms with Crippen molar-refractivity contribution in [3.63, 3.8) is 0 Å². The number of aliphatic hydroxyl groups is 2. The van der Waals surface area contributed by atoms with E-state index in [0.717, 1.165) is 7.11 Å². The molecule has 2 N–H and O–H groups in total. The van der Waals surface area contributed by atoms with Crippen molar-refractivity contribution in [3.05, 3.63) is 23.5 Å².